The monoisotopic (exact) mass is 528 g/mol. The largest absolute Gasteiger partial charge is 0.377 e. The average Bonchev–Trinajstić information content (AvgIpc) is 2.85. The normalized spacial score (nSPS) is 12.4. The Balaban J connectivity index is 1.66. The first-order valence-electron chi connectivity index (χ1n) is 10.9. The predicted octanol–water partition coefficient (Wildman–Crippen LogP) is 2.39. The second-order valence-corrected chi connectivity index (χ2v) is 12.0. The molecule has 0 radical (unpaired) electrons. The van der Waals surface area contributed by atoms with Gasteiger partial charge in [-0.15, -0.1) is 10.4 Å². The van der Waals surface area contributed by atoms with E-state index in [2.05, 4.69) is 10.4 Å². The fourth-order valence-corrected chi connectivity index (χ4v) is 6.29. The van der Waals surface area contributed by atoms with Gasteiger partial charge in [-0.25, -0.2) is 22.7 Å². The van der Waals surface area contributed by atoms with Crippen LogP contribution < -0.4 is 26.0 Å². The zero-order valence-electron chi connectivity index (χ0n) is 20.3. The lowest BCUT2D eigenvalue weighted by Gasteiger charge is -2.21. The Kier molecular flexibility index (Phi) is 6.92. The molecular weight excluding hydrogens is 500 g/mol. The highest BCUT2D eigenvalue weighted by atomic mass is 32.2. The number of anilines is 2. The van der Waals surface area contributed by atoms with E-state index in [4.69, 9.17) is 5.84 Å². The number of nitrogens with zero attached hydrogens (tertiary/aromatic N) is 3. The lowest BCUT2D eigenvalue weighted by Crippen LogP contribution is -2.55. The number of benzene rings is 4. The van der Waals surface area contributed by atoms with E-state index in [0.717, 1.165) is 16.8 Å². The van der Waals surface area contributed by atoms with Crippen molar-refractivity contribution < 1.29 is 16.8 Å². The van der Waals surface area contributed by atoms with Gasteiger partial charge in [0.15, 0.2) is 0 Å². The number of hydrogen-bond acceptors (Lipinski definition) is 8. The minimum atomic E-state index is -4.33. The van der Waals surface area contributed by atoms with E-state index in [1.807, 2.05) is 62.3 Å². The maximum Gasteiger partial charge on any atom is 0.270 e. The molecule has 4 N–H and O–H groups in total. The second-order valence-electron chi connectivity index (χ2n) is 8.56. The van der Waals surface area contributed by atoms with Crippen LogP contribution in [0.2, 0.25) is 0 Å². The van der Waals surface area contributed by atoms with Gasteiger partial charge in [0.1, 0.15) is 0 Å². The average molecular weight is 529 g/mol. The molecule has 0 spiro atoms. The van der Waals surface area contributed by atoms with Gasteiger partial charge in [0.05, 0.1) is 9.79 Å². The Hall–Kier alpha value is -3.26. The Morgan fingerprint density at radius 3 is 1.53 bits per heavy atom. The van der Waals surface area contributed by atoms with E-state index in [0.29, 0.717) is 16.2 Å². The molecule has 4 aromatic rings. The summed E-state index contributed by atoms with van der Waals surface area (Å²) in [6, 6.07) is 20.3. The van der Waals surface area contributed by atoms with E-state index >= 15 is 0 Å². The first-order valence-corrected chi connectivity index (χ1v) is 13.8. The highest BCUT2D eigenvalue weighted by molar-refractivity contribution is 7.90. The number of hydrazine groups is 3. The fraction of sp³-hybridized carbons (Fsp3) is 0.167. The molecule has 0 aromatic heterocycles. The van der Waals surface area contributed by atoms with Crippen molar-refractivity contribution in [2.45, 2.75) is 9.79 Å². The second kappa shape index (κ2) is 9.65. The maximum atomic E-state index is 13.3. The molecule has 0 aliphatic heterocycles. The predicted molar refractivity (Wildman–Crippen MR) is 143 cm³/mol. The van der Waals surface area contributed by atoms with Gasteiger partial charge >= 0.3 is 0 Å². The molecule has 0 fully saturated rings. The van der Waals surface area contributed by atoms with Crippen LogP contribution in [-0.2, 0) is 20.0 Å². The number of nitrogens with one attached hydrogen (secondary N) is 2. The number of sulfonamides is 2. The molecule has 0 unspecified atom stereocenters. The first kappa shape index (κ1) is 25.8. The summed E-state index contributed by atoms with van der Waals surface area (Å²) < 4.78 is 53.2. The summed E-state index contributed by atoms with van der Waals surface area (Å²) in [7, 11) is -1.08. The van der Waals surface area contributed by atoms with Gasteiger partial charge in [-0.05, 0) is 24.3 Å². The van der Waals surface area contributed by atoms with Crippen LogP contribution in [0.3, 0.4) is 0 Å². The molecule has 0 aliphatic rings. The molecular formula is C24H28N6O4S2. The van der Waals surface area contributed by atoms with Crippen molar-refractivity contribution in [1.82, 2.24) is 14.9 Å². The van der Waals surface area contributed by atoms with Crippen molar-refractivity contribution in [3.05, 3.63) is 72.8 Å². The molecule has 0 saturated carbocycles. The maximum absolute atomic E-state index is 13.3. The van der Waals surface area contributed by atoms with Gasteiger partial charge in [0, 0.05) is 61.1 Å². The zero-order chi connectivity index (χ0) is 26.3. The van der Waals surface area contributed by atoms with Gasteiger partial charge in [0.25, 0.3) is 20.0 Å². The van der Waals surface area contributed by atoms with E-state index < -0.39 is 20.0 Å². The van der Waals surface area contributed by atoms with Crippen molar-refractivity contribution in [2.75, 3.05) is 38.0 Å². The summed E-state index contributed by atoms with van der Waals surface area (Å²) >= 11 is 0. The van der Waals surface area contributed by atoms with E-state index in [1.165, 1.54) is 12.1 Å². The number of hydrogen-bond donors (Lipinski definition) is 3. The van der Waals surface area contributed by atoms with Gasteiger partial charge in [0.2, 0.25) is 0 Å². The minimum Gasteiger partial charge on any atom is -0.377 e. The molecule has 0 amide bonds. The summed E-state index contributed by atoms with van der Waals surface area (Å²) in [6.45, 7) is 0. The lowest BCUT2D eigenvalue weighted by molar-refractivity contribution is 0.307. The van der Waals surface area contributed by atoms with Crippen molar-refractivity contribution in [3.63, 3.8) is 0 Å². The number of fused-ring (bicyclic) bond motifs is 2. The Morgan fingerprint density at radius 1 is 0.611 bits per heavy atom. The molecule has 190 valence electrons. The summed E-state index contributed by atoms with van der Waals surface area (Å²) in [4.78, 5) is 5.75. The molecule has 0 aliphatic carbocycles. The van der Waals surface area contributed by atoms with Crippen molar-refractivity contribution >= 4 is 53.0 Å². The van der Waals surface area contributed by atoms with Crippen molar-refractivity contribution in [3.8, 4) is 0 Å². The Bertz CT molecular complexity index is 1650. The summed E-state index contributed by atoms with van der Waals surface area (Å²) in [6.07, 6.45) is 0. The third-order valence-corrected chi connectivity index (χ3v) is 8.61. The van der Waals surface area contributed by atoms with Crippen molar-refractivity contribution in [2.24, 2.45) is 5.84 Å². The Morgan fingerprint density at radius 2 is 1.03 bits per heavy atom. The molecule has 4 aromatic carbocycles. The number of nitrogens with two attached hydrogens (primary N) is 1. The van der Waals surface area contributed by atoms with Crippen LogP contribution in [0.4, 0.5) is 11.4 Å². The van der Waals surface area contributed by atoms with Crippen LogP contribution in [0.5, 0.6) is 0 Å². The van der Waals surface area contributed by atoms with Crippen LogP contribution in [0, 0.1) is 0 Å². The van der Waals surface area contributed by atoms with Crippen LogP contribution in [0.1, 0.15) is 0 Å². The zero-order valence-corrected chi connectivity index (χ0v) is 21.9. The molecule has 10 nitrogen and oxygen atoms in total. The standard InChI is InChI=1S/C24H28N6O4S2/c1-28(2)21-13-5-11-19-17(21)9-7-15-23(19)35(31,32)27-26-30(25)36(33,34)24-16-8-10-18-20(24)12-6-14-22(18)29(3)4/h5-16,26-27H,25H2,1-4H3. The van der Waals surface area contributed by atoms with Crippen LogP contribution in [0.15, 0.2) is 82.6 Å². The lowest BCUT2D eigenvalue weighted by atomic mass is 10.1. The topological polar surface area (TPSA) is 128 Å². The van der Waals surface area contributed by atoms with Gasteiger partial charge < -0.3 is 9.80 Å². The van der Waals surface area contributed by atoms with E-state index in [9.17, 15) is 16.8 Å². The Labute approximate surface area is 210 Å². The first-order chi connectivity index (χ1) is 16.9. The highest BCUT2D eigenvalue weighted by Crippen LogP contribution is 2.32. The summed E-state index contributed by atoms with van der Waals surface area (Å²) in [5, 5.41) is 2.38. The number of rotatable bonds is 8. The van der Waals surface area contributed by atoms with Gasteiger partial charge in [-0.2, -0.15) is 0 Å². The molecule has 0 heterocycles. The minimum absolute atomic E-state index is 0.0252. The summed E-state index contributed by atoms with van der Waals surface area (Å²) in [5.74, 6) is 5.82. The van der Waals surface area contributed by atoms with Gasteiger partial charge in [-0.3, -0.25) is 0 Å². The molecule has 4 rings (SSSR count). The SMILES string of the molecule is CN(C)c1cccc2c(S(=O)(=O)NNN(N)S(=O)(=O)c3cccc4c(N(C)C)cccc34)cccc12. The summed E-state index contributed by atoms with van der Waals surface area (Å²) in [5.41, 5.74) is 3.80. The van der Waals surface area contributed by atoms with Crippen LogP contribution in [0.25, 0.3) is 21.5 Å². The highest BCUT2D eigenvalue weighted by Gasteiger charge is 2.27. The van der Waals surface area contributed by atoms with Gasteiger partial charge in [-0.1, -0.05) is 53.1 Å². The molecule has 0 atom stereocenters. The molecule has 12 heteroatoms. The van der Waals surface area contributed by atoms with E-state index in [1.54, 1.807) is 36.4 Å². The van der Waals surface area contributed by atoms with Crippen molar-refractivity contribution in [1.29, 1.82) is 0 Å². The fourth-order valence-electron chi connectivity index (χ4n) is 4.09. The molecule has 36 heavy (non-hydrogen) atoms. The smallest absolute Gasteiger partial charge is 0.270 e. The third-order valence-electron chi connectivity index (χ3n) is 5.80. The van der Waals surface area contributed by atoms with Crippen LogP contribution >= 0.6 is 0 Å². The molecule has 0 bridgehead atoms. The van der Waals surface area contributed by atoms with E-state index in [-0.39, 0.29) is 14.3 Å². The molecule has 0 saturated heterocycles. The van der Waals surface area contributed by atoms with Crippen LogP contribution in [-0.4, -0.2) is 49.5 Å². The quantitative estimate of drug-likeness (QED) is 0.235. The third kappa shape index (κ3) is 4.62.